The minimum Gasteiger partial charge on any atom is -0.490 e. The quantitative estimate of drug-likeness (QED) is 0.620. The number of aliphatic hydroxyl groups excluding tert-OH is 1. The van der Waals surface area contributed by atoms with E-state index in [1.165, 1.54) is 0 Å². The highest BCUT2D eigenvalue weighted by atomic mass is 35.5. The van der Waals surface area contributed by atoms with Crippen molar-refractivity contribution in [1.29, 1.82) is 0 Å². The molecule has 8 heteroatoms. The zero-order valence-electron chi connectivity index (χ0n) is 19.1. The second-order valence-electron chi connectivity index (χ2n) is 9.48. The van der Waals surface area contributed by atoms with Crippen molar-refractivity contribution in [3.8, 4) is 5.75 Å². The summed E-state index contributed by atoms with van der Waals surface area (Å²) in [4.78, 5) is 25.6. The van der Waals surface area contributed by atoms with E-state index in [1.54, 1.807) is 18.2 Å². The number of rotatable bonds is 5. The molecule has 1 aliphatic carbocycles. The summed E-state index contributed by atoms with van der Waals surface area (Å²) in [5.41, 5.74) is 2.03. The second-order valence-corrected chi connectivity index (χ2v) is 9.89. The van der Waals surface area contributed by atoms with Crippen LogP contribution in [-0.2, 0) is 6.54 Å². The molecule has 1 aromatic carbocycles. The minimum atomic E-state index is 0.0813. The monoisotopic (exact) mass is 480 g/mol. The molecule has 1 amide bonds. The molecule has 34 heavy (non-hydrogen) atoms. The summed E-state index contributed by atoms with van der Waals surface area (Å²) >= 11 is 6.13. The minimum absolute atomic E-state index is 0.0813. The molecule has 2 aliphatic heterocycles. The number of hydrogen-bond acceptors (Lipinski definition) is 5. The Morgan fingerprint density at radius 3 is 2.56 bits per heavy atom. The molecule has 0 bridgehead atoms. The first-order valence-electron chi connectivity index (χ1n) is 12.1. The Bertz CT molecular complexity index is 1100. The van der Waals surface area contributed by atoms with Gasteiger partial charge in [0.1, 0.15) is 11.6 Å². The lowest BCUT2D eigenvalue weighted by Crippen LogP contribution is -2.40. The number of carbonyl (C=O) groups is 1. The lowest BCUT2D eigenvalue weighted by molar-refractivity contribution is 0.0560. The fraction of sp³-hybridized carbons (Fsp3) is 0.500. The maximum absolute atomic E-state index is 13.1. The molecule has 2 fully saturated rings. The Labute approximate surface area is 205 Å². The SMILES string of the molecule is [C-]#[N+]c1ccc(OC2CCC(N3Cc4nc(N5CCC(CO)CC5)ccc4C3=O)CC2)cc1Cl. The van der Waals surface area contributed by atoms with E-state index in [0.29, 0.717) is 28.9 Å². The summed E-state index contributed by atoms with van der Waals surface area (Å²) in [5.74, 6) is 2.09. The van der Waals surface area contributed by atoms with Crippen LogP contribution in [0.4, 0.5) is 11.5 Å². The molecule has 0 radical (unpaired) electrons. The first-order valence-corrected chi connectivity index (χ1v) is 12.4. The van der Waals surface area contributed by atoms with E-state index in [1.807, 2.05) is 17.0 Å². The lowest BCUT2D eigenvalue weighted by Gasteiger charge is -2.34. The summed E-state index contributed by atoms with van der Waals surface area (Å²) in [6.45, 7) is 9.72. The number of ether oxygens (including phenoxy) is 1. The average Bonchev–Trinajstić information content (AvgIpc) is 3.20. The van der Waals surface area contributed by atoms with Gasteiger partial charge in [0.05, 0.1) is 35.5 Å². The normalized spacial score (nSPS) is 23.0. The van der Waals surface area contributed by atoms with Gasteiger partial charge < -0.3 is 19.6 Å². The first kappa shape index (κ1) is 22.9. The number of carbonyl (C=O) groups excluding carboxylic acids is 1. The summed E-state index contributed by atoms with van der Waals surface area (Å²) in [6.07, 6.45) is 5.54. The van der Waals surface area contributed by atoms with Crippen LogP contribution in [0.3, 0.4) is 0 Å². The Morgan fingerprint density at radius 2 is 1.88 bits per heavy atom. The fourth-order valence-corrected chi connectivity index (χ4v) is 5.54. The Hall–Kier alpha value is -2.82. The molecule has 7 nitrogen and oxygen atoms in total. The molecule has 3 heterocycles. The van der Waals surface area contributed by atoms with Crippen LogP contribution in [0, 0.1) is 12.5 Å². The third kappa shape index (κ3) is 4.57. The van der Waals surface area contributed by atoms with E-state index < -0.39 is 0 Å². The van der Waals surface area contributed by atoms with E-state index in [4.69, 9.17) is 27.9 Å². The topological polar surface area (TPSA) is 70.3 Å². The van der Waals surface area contributed by atoms with E-state index in [9.17, 15) is 9.90 Å². The molecule has 1 N–H and O–H groups in total. The van der Waals surface area contributed by atoms with Gasteiger partial charge in [-0.1, -0.05) is 17.7 Å². The zero-order chi connectivity index (χ0) is 23.7. The number of anilines is 1. The van der Waals surface area contributed by atoms with E-state index >= 15 is 0 Å². The molecule has 5 rings (SSSR count). The van der Waals surface area contributed by atoms with Gasteiger partial charge in [0, 0.05) is 25.7 Å². The average molecular weight is 481 g/mol. The molecular weight excluding hydrogens is 452 g/mol. The van der Waals surface area contributed by atoms with Gasteiger partial charge >= 0.3 is 0 Å². The van der Waals surface area contributed by atoms with E-state index in [-0.39, 0.29) is 24.7 Å². The number of piperidine rings is 1. The van der Waals surface area contributed by atoms with Crippen molar-refractivity contribution in [1.82, 2.24) is 9.88 Å². The molecule has 1 saturated carbocycles. The van der Waals surface area contributed by atoms with Gasteiger partial charge in [0.25, 0.3) is 5.91 Å². The number of hydrogen-bond donors (Lipinski definition) is 1. The van der Waals surface area contributed by atoms with Gasteiger partial charge in [-0.05, 0) is 68.7 Å². The maximum Gasteiger partial charge on any atom is 0.256 e. The van der Waals surface area contributed by atoms with Crippen molar-refractivity contribution >= 4 is 29.0 Å². The van der Waals surface area contributed by atoms with Gasteiger partial charge in [-0.2, -0.15) is 0 Å². The predicted molar refractivity (Wildman–Crippen MR) is 131 cm³/mol. The van der Waals surface area contributed by atoms with Crippen molar-refractivity contribution in [2.45, 2.75) is 57.2 Å². The van der Waals surface area contributed by atoms with Gasteiger partial charge in [0.2, 0.25) is 5.69 Å². The van der Waals surface area contributed by atoms with Crippen LogP contribution >= 0.6 is 11.6 Å². The van der Waals surface area contributed by atoms with Crippen LogP contribution in [0.15, 0.2) is 30.3 Å². The number of amides is 1. The van der Waals surface area contributed by atoms with Crippen LogP contribution in [0.5, 0.6) is 5.75 Å². The number of halogens is 1. The van der Waals surface area contributed by atoms with Crippen molar-refractivity contribution in [3.63, 3.8) is 0 Å². The number of pyridine rings is 1. The first-order chi connectivity index (χ1) is 16.6. The smallest absolute Gasteiger partial charge is 0.256 e. The van der Waals surface area contributed by atoms with Gasteiger partial charge in [-0.15, -0.1) is 0 Å². The number of benzene rings is 1. The zero-order valence-corrected chi connectivity index (χ0v) is 19.9. The Kier molecular flexibility index (Phi) is 6.62. The van der Waals surface area contributed by atoms with Crippen LogP contribution in [0.1, 0.15) is 54.6 Å². The van der Waals surface area contributed by atoms with Crippen LogP contribution in [0.2, 0.25) is 5.02 Å². The number of aromatic nitrogens is 1. The second kappa shape index (κ2) is 9.81. The van der Waals surface area contributed by atoms with Gasteiger partial charge in [0.15, 0.2) is 0 Å². The van der Waals surface area contributed by atoms with Crippen molar-refractivity contribution in [2.75, 3.05) is 24.6 Å². The standard InChI is InChI=1S/C26H29ClN4O3/c1-28-23-8-6-20(14-22(23)27)34-19-4-2-18(3-5-19)31-15-24-21(26(31)33)7-9-25(29-24)30-12-10-17(16-32)11-13-30/h6-9,14,17-19,32H,2-5,10-13,15-16H2. The summed E-state index contributed by atoms with van der Waals surface area (Å²) < 4.78 is 6.11. The molecule has 1 saturated heterocycles. The molecule has 178 valence electrons. The van der Waals surface area contributed by atoms with E-state index in [0.717, 1.165) is 68.7 Å². The van der Waals surface area contributed by atoms with Gasteiger partial charge in [-0.25, -0.2) is 9.83 Å². The Balaban J connectivity index is 1.18. The number of nitrogens with zero attached hydrogens (tertiary/aromatic N) is 4. The van der Waals surface area contributed by atoms with Crippen molar-refractivity contribution in [3.05, 3.63) is 58.0 Å². The highest BCUT2D eigenvalue weighted by Gasteiger charge is 2.36. The van der Waals surface area contributed by atoms with Crippen LogP contribution in [0.25, 0.3) is 4.85 Å². The third-order valence-corrected chi connectivity index (χ3v) is 7.70. The number of aliphatic hydroxyl groups is 1. The molecule has 1 aromatic heterocycles. The molecule has 2 aromatic rings. The predicted octanol–water partition coefficient (Wildman–Crippen LogP) is 4.84. The summed E-state index contributed by atoms with van der Waals surface area (Å²) in [7, 11) is 0. The highest BCUT2D eigenvalue weighted by Crippen LogP contribution is 2.35. The number of fused-ring (bicyclic) bond motifs is 1. The maximum atomic E-state index is 13.1. The van der Waals surface area contributed by atoms with Gasteiger partial charge in [-0.3, -0.25) is 4.79 Å². The van der Waals surface area contributed by atoms with Crippen LogP contribution < -0.4 is 9.64 Å². The molecule has 0 atom stereocenters. The molecule has 0 unspecified atom stereocenters. The molecular formula is C26H29ClN4O3. The summed E-state index contributed by atoms with van der Waals surface area (Å²) in [5, 5.41) is 9.79. The van der Waals surface area contributed by atoms with E-state index in [2.05, 4.69) is 9.74 Å². The molecule has 0 spiro atoms. The van der Waals surface area contributed by atoms with Crippen LogP contribution in [-0.4, -0.2) is 52.7 Å². The largest absolute Gasteiger partial charge is 0.490 e. The third-order valence-electron chi connectivity index (χ3n) is 7.39. The Morgan fingerprint density at radius 1 is 1.12 bits per heavy atom. The highest BCUT2D eigenvalue weighted by molar-refractivity contribution is 6.33. The fourth-order valence-electron chi connectivity index (χ4n) is 5.33. The summed E-state index contributed by atoms with van der Waals surface area (Å²) in [6, 6.07) is 9.28. The lowest BCUT2D eigenvalue weighted by atomic mass is 9.92. The van der Waals surface area contributed by atoms with Crippen molar-refractivity contribution < 1.29 is 14.6 Å². The van der Waals surface area contributed by atoms with Crippen molar-refractivity contribution in [2.24, 2.45) is 5.92 Å². The molecule has 3 aliphatic rings.